The molecule has 0 aliphatic rings. The van der Waals surface area contributed by atoms with Crippen LogP contribution in [-0.4, -0.2) is 23.2 Å². The number of carbonyl (C=O) groups excluding carboxylic acids is 1. The van der Waals surface area contributed by atoms with Crippen LogP contribution in [0.2, 0.25) is 0 Å². The molecule has 0 radical (unpaired) electrons. The molecule has 7 nitrogen and oxygen atoms in total. The standard InChI is InChI=1S/C18H19N3O4S/c1-11(24-15-7-5-4-6-14(15)23-3)18-20-17(21-25-18)16-9-8-13(26-16)10-19-12(2)22/h4-9,11H,10H2,1-3H3,(H,19,22)/t11-/m0/s1. The van der Waals surface area contributed by atoms with E-state index in [9.17, 15) is 4.79 Å². The van der Waals surface area contributed by atoms with Crippen molar-refractivity contribution in [3.05, 3.63) is 47.2 Å². The largest absolute Gasteiger partial charge is 0.493 e. The number of rotatable bonds is 7. The van der Waals surface area contributed by atoms with Gasteiger partial charge in [-0.15, -0.1) is 11.3 Å². The lowest BCUT2D eigenvalue weighted by Gasteiger charge is -2.13. The van der Waals surface area contributed by atoms with Crippen LogP contribution in [0.15, 0.2) is 40.9 Å². The molecule has 1 aromatic carbocycles. The molecule has 26 heavy (non-hydrogen) atoms. The maximum Gasteiger partial charge on any atom is 0.267 e. The Kier molecular flexibility index (Phi) is 5.52. The van der Waals surface area contributed by atoms with Gasteiger partial charge in [0.1, 0.15) is 0 Å². The summed E-state index contributed by atoms with van der Waals surface area (Å²) in [6, 6.07) is 11.2. The Morgan fingerprint density at radius 1 is 1.27 bits per heavy atom. The predicted octanol–water partition coefficient (Wildman–Crippen LogP) is 3.58. The molecule has 0 aliphatic heterocycles. The number of hydrogen-bond acceptors (Lipinski definition) is 7. The van der Waals surface area contributed by atoms with Gasteiger partial charge in [-0.2, -0.15) is 4.98 Å². The minimum atomic E-state index is -0.425. The molecule has 136 valence electrons. The van der Waals surface area contributed by atoms with Gasteiger partial charge in [-0.3, -0.25) is 4.79 Å². The van der Waals surface area contributed by atoms with E-state index in [0.717, 1.165) is 9.75 Å². The van der Waals surface area contributed by atoms with Gasteiger partial charge in [0.2, 0.25) is 11.7 Å². The zero-order valence-electron chi connectivity index (χ0n) is 14.7. The average molecular weight is 373 g/mol. The van der Waals surface area contributed by atoms with E-state index in [1.165, 1.54) is 18.3 Å². The fourth-order valence-corrected chi connectivity index (χ4v) is 3.14. The first kappa shape index (κ1) is 17.9. The molecule has 0 fully saturated rings. The van der Waals surface area contributed by atoms with Crippen LogP contribution in [0.25, 0.3) is 10.7 Å². The van der Waals surface area contributed by atoms with Crippen LogP contribution in [-0.2, 0) is 11.3 Å². The number of amides is 1. The second-order valence-corrected chi connectivity index (χ2v) is 6.71. The van der Waals surface area contributed by atoms with Crippen LogP contribution < -0.4 is 14.8 Å². The molecule has 8 heteroatoms. The molecule has 2 aromatic heterocycles. The number of aromatic nitrogens is 2. The molecule has 0 saturated heterocycles. The number of methoxy groups -OCH3 is 1. The fourth-order valence-electron chi connectivity index (χ4n) is 2.26. The molecular formula is C18H19N3O4S. The highest BCUT2D eigenvalue weighted by atomic mass is 32.1. The van der Waals surface area contributed by atoms with Crippen molar-refractivity contribution >= 4 is 17.2 Å². The zero-order chi connectivity index (χ0) is 18.5. The minimum Gasteiger partial charge on any atom is -0.493 e. The molecule has 2 heterocycles. The third kappa shape index (κ3) is 4.20. The lowest BCUT2D eigenvalue weighted by Crippen LogP contribution is -2.17. The average Bonchev–Trinajstić information content (AvgIpc) is 3.29. The first-order valence-electron chi connectivity index (χ1n) is 8.03. The van der Waals surface area contributed by atoms with Gasteiger partial charge in [0.15, 0.2) is 17.6 Å². The van der Waals surface area contributed by atoms with E-state index in [1.807, 2.05) is 43.3 Å². The summed E-state index contributed by atoms with van der Waals surface area (Å²) in [5.74, 6) is 2.05. The molecule has 0 spiro atoms. The number of ether oxygens (including phenoxy) is 2. The van der Waals surface area contributed by atoms with Gasteiger partial charge in [-0.1, -0.05) is 17.3 Å². The SMILES string of the molecule is COc1ccccc1O[C@@H](C)c1nc(-c2ccc(CNC(C)=O)s2)no1. The van der Waals surface area contributed by atoms with Crippen molar-refractivity contribution in [1.82, 2.24) is 15.5 Å². The topological polar surface area (TPSA) is 86.5 Å². The summed E-state index contributed by atoms with van der Waals surface area (Å²) in [4.78, 5) is 17.3. The molecule has 0 aliphatic carbocycles. The first-order valence-corrected chi connectivity index (χ1v) is 8.85. The van der Waals surface area contributed by atoms with E-state index in [-0.39, 0.29) is 5.91 Å². The summed E-state index contributed by atoms with van der Waals surface area (Å²) in [6.45, 7) is 3.81. The van der Waals surface area contributed by atoms with E-state index in [4.69, 9.17) is 14.0 Å². The Morgan fingerprint density at radius 3 is 2.77 bits per heavy atom. The molecule has 0 saturated carbocycles. The van der Waals surface area contributed by atoms with Crippen LogP contribution in [0.1, 0.15) is 30.7 Å². The normalized spacial score (nSPS) is 11.8. The van der Waals surface area contributed by atoms with Gasteiger partial charge in [0.25, 0.3) is 5.89 Å². The van der Waals surface area contributed by atoms with Crippen molar-refractivity contribution in [3.63, 3.8) is 0 Å². The fraction of sp³-hybridized carbons (Fsp3) is 0.278. The molecular weight excluding hydrogens is 354 g/mol. The van der Waals surface area contributed by atoms with Crippen molar-refractivity contribution in [2.75, 3.05) is 7.11 Å². The number of para-hydroxylation sites is 2. The third-order valence-electron chi connectivity index (χ3n) is 3.56. The zero-order valence-corrected chi connectivity index (χ0v) is 15.5. The Bertz CT molecular complexity index is 890. The summed E-state index contributed by atoms with van der Waals surface area (Å²) in [5, 5.41) is 6.79. The van der Waals surface area contributed by atoms with Gasteiger partial charge in [-0.05, 0) is 31.2 Å². The summed E-state index contributed by atoms with van der Waals surface area (Å²) >= 11 is 1.50. The van der Waals surface area contributed by atoms with Crippen LogP contribution in [0, 0.1) is 0 Å². The molecule has 0 bridgehead atoms. The molecule has 3 aromatic rings. The Labute approximate surface area is 154 Å². The maximum atomic E-state index is 11.0. The summed E-state index contributed by atoms with van der Waals surface area (Å²) < 4.78 is 16.5. The smallest absolute Gasteiger partial charge is 0.267 e. The van der Waals surface area contributed by atoms with E-state index in [2.05, 4.69) is 15.5 Å². The highest BCUT2D eigenvalue weighted by Gasteiger charge is 2.19. The van der Waals surface area contributed by atoms with E-state index >= 15 is 0 Å². The Hall–Kier alpha value is -2.87. The van der Waals surface area contributed by atoms with Crippen molar-refractivity contribution in [1.29, 1.82) is 0 Å². The molecule has 3 rings (SSSR count). The van der Waals surface area contributed by atoms with Gasteiger partial charge in [-0.25, -0.2) is 0 Å². The van der Waals surface area contributed by atoms with Gasteiger partial charge in [0, 0.05) is 11.8 Å². The third-order valence-corrected chi connectivity index (χ3v) is 4.64. The van der Waals surface area contributed by atoms with Gasteiger partial charge >= 0.3 is 0 Å². The van der Waals surface area contributed by atoms with Crippen LogP contribution in [0.4, 0.5) is 0 Å². The summed E-state index contributed by atoms with van der Waals surface area (Å²) in [5.41, 5.74) is 0. The van der Waals surface area contributed by atoms with Crippen molar-refractivity contribution in [2.24, 2.45) is 0 Å². The van der Waals surface area contributed by atoms with Crippen LogP contribution in [0.5, 0.6) is 11.5 Å². The summed E-state index contributed by atoms with van der Waals surface area (Å²) in [7, 11) is 1.59. The number of hydrogen-bond donors (Lipinski definition) is 1. The number of benzene rings is 1. The predicted molar refractivity (Wildman–Crippen MR) is 97.2 cm³/mol. The van der Waals surface area contributed by atoms with Crippen LogP contribution in [0.3, 0.4) is 0 Å². The quantitative estimate of drug-likeness (QED) is 0.681. The van der Waals surface area contributed by atoms with Gasteiger partial charge < -0.3 is 19.3 Å². The summed E-state index contributed by atoms with van der Waals surface area (Å²) in [6.07, 6.45) is -0.425. The number of nitrogens with zero attached hydrogens (tertiary/aromatic N) is 2. The maximum absolute atomic E-state index is 11.0. The number of carbonyl (C=O) groups is 1. The molecule has 1 N–H and O–H groups in total. The van der Waals surface area contributed by atoms with Crippen LogP contribution >= 0.6 is 11.3 Å². The lowest BCUT2D eigenvalue weighted by atomic mass is 10.3. The van der Waals surface area contributed by atoms with Crippen molar-refractivity contribution in [3.8, 4) is 22.2 Å². The highest BCUT2D eigenvalue weighted by Crippen LogP contribution is 2.31. The van der Waals surface area contributed by atoms with E-state index < -0.39 is 6.10 Å². The Balaban J connectivity index is 1.70. The Morgan fingerprint density at radius 2 is 2.04 bits per heavy atom. The first-order chi connectivity index (χ1) is 12.6. The second kappa shape index (κ2) is 8.01. The van der Waals surface area contributed by atoms with Crippen molar-refractivity contribution in [2.45, 2.75) is 26.5 Å². The van der Waals surface area contributed by atoms with E-state index in [0.29, 0.717) is 29.8 Å². The molecule has 1 amide bonds. The minimum absolute atomic E-state index is 0.0656. The number of nitrogens with one attached hydrogen (secondary N) is 1. The monoisotopic (exact) mass is 373 g/mol. The van der Waals surface area contributed by atoms with E-state index in [1.54, 1.807) is 7.11 Å². The highest BCUT2D eigenvalue weighted by molar-refractivity contribution is 7.15. The van der Waals surface area contributed by atoms with Gasteiger partial charge in [0.05, 0.1) is 18.5 Å². The molecule has 0 unspecified atom stereocenters. The number of thiophene rings is 1. The lowest BCUT2D eigenvalue weighted by molar-refractivity contribution is -0.119. The second-order valence-electron chi connectivity index (χ2n) is 5.54. The molecule has 1 atom stereocenters. The van der Waals surface area contributed by atoms with Crippen molar-refractivity contribution < 1.29 is 18.8 Å².